The quantitative estimate of drug-likeness (QED) is 0.337. The standard InChI is InChI=1S/C20H25F3O4S/c1-6-15-27-19(26-7-2,20(21,22)23)17(13-14-18(3,4)5)28(24,25)16-11-9-8-10-12-16/h6,8-12,14H,1,7,15H2,2-5H3. The predicted molar refractivity (Wildman–Crippen MR) is 101 cm³/mol. The number of ether oxygens (including phenoxy) is 2. The highest BCUT2D eigenvalue weighted by molar-refractivity contribution is 7.95. The molecule has 0 bridgehead atoms. The van der Waals surface area contributed by atoms with Gasteiger partial charge in [-0.3, -0.25) is 0 Å². The number of sulfone groups is 1. The van der Waals surface area contributed by atoms with Crippen molar-refractivity contribution >= 4 is 9.84 Å². The van der Waals surface area contributed by atoms with Gasteiger partial charge >= 0.3 is 12.0 Å². The van der Waals surface area contributed by atoms with Crippen LogP contribution >= 0.6 is 0 Å². The van der Waals surface area contributed by atoms with E-state index in [1.165, 1.54) is 37.3 Å². The molecule has 156 valence electrons. The van der Waals surface area contributed by atoms with Crippen molar-refractivity contribution in [3.63, 3.8) is 0 Å². The molecule has 8 heteroatoms. The fourth-order valence-electron chi connectivity index (χ4n) is 2.19. The van der Waals surface area contributed by atoms with Crippen molar-refractivity contribution in [3.05, 3.63) is 59.7 Å². The van der Waals surface area contributed by atoms with Crippen LogP contribution in [-0.2, 0) is 19.3 Å². The Morgan fingerprint density at radius 1 is 1.14 bits per heavy atom. The van der Waals surface area contributed by atoms with Gasteiger partial charge in [0.25, 0.3) is 0 Å². The first kappa shape index (κ1) is 24.2. The van der Waals surface area contributed by atoms with Crippen LogP contribution in [0.15, 0.2) is 64.6 Å². The first-order chi connectivity index (χ1) is 12.8. The summed E-state index contributed by atoms with van der Waals surface area (Å²) in [6.45, 7) is 8.74. The van der Waals surface area contributed by atoms with E-state index >= 15 is 0 Å². The highest BCUT2D eigenvalue weighted by Gasteiger charge is 2.64. The lowest BCUT2D eigenvalue weighted by molar-refractivity contribution is -0.355. The summed E-state index contributed by atoms with van der Waals surface area (Å²) in [6.07, 6.45) is -2.86. The number of hydrogen-bond donors (Lipinski definition) is 0. The van der Waals surface area contributed by atoms with E-state index < -0.39 is 45.3 Å². The van der Waals surface area contributed by atoms with Crippen LogP contribution in [0.2, 0.25) is 0 Å². The molecule has 1 aromatic rings. The van der Waals surface area contributed by atoms with Crippen molar-refractivity contribution in [1.29, 1.82) is 0 Å². The van der Waals surface area contributed by atoms with Gasteiger partial charge in [0.1, 0.15) is 0 Å². The summed E-state index contributed by atoms with van der Waals surface area (Å²) in [4.78, 5) is -1.48. The van der Waals surface area contributed by atoms with E-state index in [1.807, 2.05) is 0 Å². The molecule has 1 rings (SSSR count). The van der Waals surface area contributed by atoms with Crippen molar-refractivity contribution < 1.29 is 31.1 Å². The maximum absolute atomic E-state index is 14.2. The van der Waals surface area contributed by atoms with Gasteiger partial charge in [0.2, 0.25) is 9.84 Å². The molecule has 0 saturated carbocycles. The molecule has 1 unspecified atom stereocenters. The van der Waals surface area contributed by atoms with Crippen LogP contribution in [0.1, 0.15) is 27.7 Å². The van der Waals surface area contributed by atoms with Crippen LogP contribution in [0, 0.1) is 5.41 Å². The fraction of sp³-hybridized carbons (Fsp3) is 0.450. The van der Waals surface area contributed by atoms with Crippen LogP contribution < -0.4 is 0 Å². The number of alkyl halides is 3. The minimum absolute atomic E-state index is 0.324. The molecule has 0 aliphatic heterocycles. The third-order valence-electron chi connectivity index (χ3n) is 3.38. The monoisotopic (exact) mass is 418 g/mol. The molecule has 0 N–H and O–H groups in total. The lowest BCUT2D eigenvalue weighted by Crippen LogP contribution is -2.53. The van der Waals surface area contributed by atoms with E-state index in [1.54, 1.807) is 26.8 Å². The number of halogens is 3. The van der Waals surface area contributed by atoms with E-state index in [2.05, 4.69) is 12.3 Å². The predicted octanol–water partition coefficient (Wildman–Crippen LogP) is 5.04. The molecule has 4 nitrogen and oxygen atoms in total. The van der Waals surface area contributed by atoms with E-state index in [-0.39, 0.29) is 4.90 Å². The van der Waals surface area contributed by atoms with Crippen LogP contribution in [0.3, 0.4) is 0 Å². The molecular formula is C20H25F3O4S. The first-order valence-electron chi connectivity index (χ1n) is 8.56. The van der Waals surface area contributed by atoms with Gasteiger partial charge in [-0.05, 0) is 30.5 Å². The molecule has 0 aliphatic carbocycles. The number of hydrogen-bond acceptors (Lipinski definition) is 4. The Balaban J connectivity index is 3.96. The Morgan fingerprint density at radius 3 is 2.14 bits per heavy atom. The Bertz CT molecular complexity index is 830. The lowest BCUT2D eigenvalue weighted by atomic mass is 9.97. The minimum Gasteiger partial charge on any atom is -0.338 e. The molecule has 0 aliphatic rings. The molecule has 0 radical (unpaired) electrons. The molecule has 28 heavy (non-hydrogen) atoms. The van der Waals surface area contributed by atoms with Crippen LogP contribution in [0.5, 0.6) is 0 Å². The maximum atomic E-state index is 14.2. The smallest absolute Gasteiger partial charge is 0.338 e. The van der Waals surface area contributed by atoms with Crippen molar-refractivity contribution in [1.82, 2.24) is 0 Å². The Kier molecular flexibility index (Phi) is 7.85. The van der Waals surface area contributed by atoms with E-state index in [4.69, 9.17) is 9.47 Å². The molecular weight excluding hydrogens is 393 g/mol. The van der Waals surface area contributed by atoms with Gasteiger partial charge in [-0.1, -0.05) is 45.0 Å². The SMILES string of the molecule is C=CCOC(OCC)(C(=C=CC(C)(C)C)S(=O)(=O)c1ccccc1)C(F)(F)F. The third-order valence-corrected chi connectivity index (χ3v) is 5.20. The average molecular weight is 418 g/mol. The second kappa shape index (κ2) is 9.09. The molecule has 1 aromatic carbocycles. The zero-order valence-electron chi connectivity index (χ0n) is 16.3. The maximum Gasteiger partial charge on any atom is 0.449 e. The van der Waals surface area contributed by atoms with E-state index in [0.717, 1.165) is 6.08 Å². The molecule has 0 fully saturated rings. The second-order valence-electron chi connectivity index (χ2n) is 6.95. The van der Waals surface area contributed by atoms with E-state index in [0.29, 0.717) is 0 Å². The fourth-order valence-corrected chi connectivity index (χ4v) is 3.75. The summed E-state index contributed by atoms with van der Waals surface area (Å²) in [5, 5.41) is 0. The summed E-state index contributed by atoms with van der Waals surface area (Å²) in [5.74, 6) is -3.52. The topological polar surface area (TPSA) is 52.6 Å². The highest BCUT2D eigenvalue weighted by Crippen LogP contribution is 2.44. The normalized spacial score (nSPS) is 14.7. The van der Waals surface area contributed by atoms with Gasteiger partial charge in [0.05, 0.1) is 11.5 Å². The van der Waals surface area contributed by atoms with Crippen LogP contribution in [-0.4, -0.2) is 33.6 Å². The third kappa shape index (κ3) is 5.58. The summed E-state index contributed by atoms with van der Waals surface area (Å²) in [7, 11) is -4.65. The van der Waals surface area contributed by atoms with Crippen LogP contribution in [0.25, 0.3) is 0 Å². The number of benzene rings is 1. The highest BCUT2D eigenvalue weighted by atomic mass is 32.2. The van der Waals surface area contributed by atoms with Gasteiger partial charge in [-0.2, -0.15) is 13.2 Å². The Morgan fingerprint density at radius 2 is 1.71 bits per heavy atom. The van der Waals surface area contributed by atoms with Crippen molar-refractivity contribution in [2.24, 2.45) is 5.41 Å². The van der Waals surface area contributed by atoms with Gasteiger partial charge in [0.15, 0.2) is 4.91 Å². The van der Waals surface area contributed by atoms with Gasteiger partial charge in [0, 0.05) is 6.61 Å². The zero-order chi connectivity index (χ0) is 21.6. The second-order valence-corrected chi connectivity index (χ2v) is 8.83. The molecule has 1 atom stereocenters. The van der Waals surface area contributed by atoms with Crippen molar-refractivity contribution in [2.45, 2.75) is 44.6 Å². The van der Waals surface area contributed by atoms with Gasteiger partial charge in [-0.15, -0.1) is 12.3 Å². The van der Waals surface area contributed by atoms with E-state index in [9.17, 15) is 21.6 Å². The van der Waals surface area contributed by atoms with Gasteiger partial charge < -0.3 is 9.47 Å². The largest absolute Gasteiger partial charge is 0.449 e. The summed E-state index contributed by atoms with van der Waals surface area (Å²) in [6, 6.07) is 6.79. The summed E-state index contributed by atoms with van der Waals surface area (Å²) < 4.78 is 78.8. The summed E-state index contributed by atoms with van der Waals surface area (Å²) >= 11 is 0. The van der Waals surface area contributed by atoms with Crippen molar-refractivity contribution in [3.8, 4) is 0 Å². The summed E-state index contributed by atoms with van der Waals surface area (Å²) in [5.41, 5.74) is 1.70. The minimum atomic E-state index is -5.19. The Labute approximate surface area is 164 Å². The number of rotatable bonds is 8. The Hall–Kier alpha value is -1.86. The molecule has 0 amide bonds. The van der Waals surface area contributed by atoms with Gasteiger partial charge in [-0.25, -0.2) is 8.42 Å². The molecule has 0 spiro atoms. The average Bonchev–Trinajstić information content (AvgIpc) is 2.58. The molecule has 0 aromatic heterocycles. The first-order valence-corrected chi connectivity index (χ1v) is 10.0. The molecule has 0 heterocycles. The lowest BCUT2D eigenvalue weighted by Gasteiger charge is -2.35. The van der Waals surface area contributed by atoms with Crippen molar-refractivity contribution in [2.75, 3.05) is 13.2 Å². The zero-order valence-corrected chi connectivity index (χ0v) is 17.2. The molecule has 0 saturated heterocycles. The van der Waals surface area contributed by atoms with Crippen LogP contribution in [0.4, 0.5) is 13.2 Å².